The molecule has 1 unspecified atom stereocenters. The molecule has 5 nitrogen and oxygen atoms in total. The summed E-state index contributed by atoms with van der Waals surface area (Å²) in [4.78, 5) is 15.9. The minimum absolute atomic E-state index is 0. The first-order valence-electron chi connectivity index (χ1n) is 8.33. The van der Waals surface area contributed by atoms with Crippen LogP contribution in [-0.4, -0.2) is 31.1 Å². The van der Waals surface area contributed by atoms with Gasteiger partial charge in [-0.1, -0.05) is 12.1 Å². The second-order valence-corrected chi connectivity index (χ2v) is 5.92. The molecule has 0 spiro atoms. The van der Waals surface area contributed by atoms with Crippen LogP contribution < -0.4 is 10.6 Å². The molecular weight excluding hydrogens is 436 g/mol. The van der Waals surface area contributed by atoms with E-state index in [1.807, 2.05) is 33.8 Å². The molecule has 0 radical (unpaired) electrons. The van der Waals surface area contributed by atoms with E-state index in [1.54, 1.807) is 13.0 Å². The van der Waals surface area contributed by atoms with E-state index >= 15 is 0 Å². The van der Waals surface area contributed by atoms with Crippen LogP contribution >= 0.6 is 24.0 Å². The van der Waals surface area contributed by atoms with E-state index in [9.17, 15) is 9.18 Å². The van der Waals surface area contributed by atoms with Gasteiger partial charge >= 0.3 is 5.97 Å². The Morgan fingerprint density at radius 1 is 1.32 bits per heavy atom. The van der Waals surface area contributed by atoms with Gasteiger partial charge in [0.25, 0.3) is 0 Å². The number of carbonyl (C=O) groups excluding carboxylic acids is 1. The summed E-state index contributed by atoms with van der Waals surface area (Å²) in [5.74, 6) is 0.0982. The third kappa shape index (κ3) is 9.04. The molecule has 7 heteroatoms. The smallest absolute Gasteiger partial charge is 0.307 e. The van der Waals surface area contributed by atoms with Crippen molar-refractivity contribution in [3.05, 3.63) is 35.1 Å². The van der Waals surface area contributed by atoms with E-state index in [-0.39, 0.29) is 54.3 Å². The molecule has 0 aliphatic carbocycles. The van der Waals surface area contributed by atoms with Gasteiger partial charge < -0.3 is 15.4 Å². The number of esters is 1. The summed E-state index contributed by atoms with van der Waals surface area (Å²) >= 11 is 0. The average Bonchev–Trinajstić information content (AvgIpc) is 2.49. The number of hydrogen-bond donors (Lipinski definition) is 2. The monoisotopic (exact) mass is 465 g/mol. The number of benzene rings is 1. The number of aryl methyl sites for hydroxylation is 1. The summed E-state index contributed by atoms with van der Waals surface area (Å²) in [6.07, 6.45) is 0.103. The molecule has 0 saturated heterocycles. The quantitative estimate of drug-likeness (QED) is 0.279. The first kappa shape index (κ1) is 23.6. The predicted octanol–water partition coefficient (Wildman–Crippen LogP) is 3.71. The van der Waals surface area contributed by atoms with Gasteiger partial charge in [0.1, 0.15) is 5.82 Å². The molecule has 0 bridgehead atoms. The Balaban J connectivity index is 0.00000576. The molecule has 0 aromatic heterocycles. The highest BCUT2D eigenvalue weighted by molar-refractivity contribution is 14.0. The molecule has 1 aromatic carbocycles. The number of carbonyl (C=O) groups is 1. The fraction of sp³-hybridized carbons (Fsp3) is 0.556. The average molecular weight is 465 g/mol. The topological polar surface area (TPSA) is 62.7 Å². The van der Waals surface area contributed by atoms with Crippen molar-refractivity contribution < 1.29 is 13.9 Å². The van der Waals surface area contributed by atoms with Crippen LogP contribution in [0.25, 0.3) is 0 Å². The van der Waals surface area contributed by atoms with E-state index < -0.39 is 0 Å². The van der Waals surface area contributed by atoms with Gasteiger partial charge in [-0.05, 0) is 51.8 Å². The molecule has 0 amide bonds. The molecule has 0 heterocycles. The van der Waals surface area contributed by atoms with E-state index in [1.165, 1.54) is 6.07 Å². The molecule has 0 aliphatic heterocycles. The van der Waals surface area contributed by atoms with E-state index in [0.29, 0.717) is 24.6 Å². The van der Waals surface area contributed by atoms with Gasteiger partial charge in [-0.25, -0.2) is 4.39 Å². The van der Waals surface area contributed by atoms with Gasteiger partial charge in [-0.2, -0.15) is 0 Å². The Morgan fingerprint density at radius 2 is 2.00 bits per heavy atom. The first-order chi connectivity index (χ1) is 11.3. The molecular formula is C18H29FIN3O2. The van der Waals surface area contributed by atoms with Crippen molar-refractivity contribution in [1.82, 2.24) is 10.6 Å². The normalized spacial score (nSPS) is 12.4. The van der Waals surface area contributed by atoms with Crippen molar-refractivity contribution in [1.29, 1.82) is 0 Å². The second-order valence-electron chi connectivity index (χ2n) is 5.92. The van der Waals surface area contributed by atoms with E-state index in [0.717, 1.165) is 5.56 Å². The highest BCUT2D eigenvalue weighted by Crippen LogP contribution is 2.16. The number of halogens is 2. The summed E-state index contributed by atoms with van der Waals surface area (Å²) in [6.45, 7) is 10.3. The van der Waals surface area contributed by atoms with Gasteiger partial charge in [0.15, 0.2) is 5.96 Å². The zero-order valence-electron chi connectivity index (χ0n) is 15.6. The fourth-order valence-corrected chi connectivity index (χ4v) is 2.07. The number of nitrogens with one attached hydrogen (secondary N) is 2. The SMILES string of the molecule is CCNC(=NCCC(=O)OC(C)C)NC(C)c1ccc(C)c(F)c1.I. The summed E-state index contributed by atoms with van der Waals surface area (Å²) in [7, 11) is 0. The van der Waals surface area contributed by atoms with Crippen LogP contribution in [0.3, 0.4) is 0 Å². The van der Waals surface area contributed by atoms with Crippen LogP contribution in [0.2, 0.25) is 0 Å². The van der Waals surface area contributed by atoms with Crippen LogP contribution in [0.1, 0.15) is 51.3 Å². The van der Waals surface area contributed by atoms with E-state index in [2.05, 4.69) is 15.6 Å². The molecule has 142 valence electrons. The zero-order chi connectivity index (χ0) is 18.1. The Hall–Kier alpha value is -1.38. The Morgan fingerprint density at radius 3 is 2.56 bits per heavy atom. The van der Waals surface area contributed by atoms with Gasteiger partial charge in [0, 0.05) is 6.54 Å². The number of rotatable bonds is 7. The van der Waals surface area contributed by atoms with Crippen LogP contribution in [0.15, 0.2) is 23.2 Å². The first-order valence-corrected chi connectivity index (χ1v) is 8.33. The van der Waals surface area contributed by atoms with Crippen molar-refractivity contribution in [2.24, 2.45) is 4.99 Å². The minimum atomic E-state index is -0.266. The maximum absolute atomic E-state index is 13.7. The predicted molar refractivity (Wildman–Crippen MR) is 110 cm³/mol. The van der Waals surface area contributed by atoms with Crippen LogP contribution in [-0.2, 0) is 9.53 Å². The molecule has 1 rings (SSSR count). The lowest BCUT2D eigenvalue weighted by Crippen LogP contribution is -2.39. The fourth-order valence-electron chi connectivity index (χ4n) is 2.07. The number of aliphatic imine (C=N–C) groups is 1. The third-order valence-electron chi connectivity index (χ3n) is 3.35. The summed E-state index contributed by atoms with van der Waals surface area (Å²) in [5, 5.41) is 6.33. The maximum Gasteiger partial charge on any atom is 0.307 e. The van der Waals surface area contributed by atoms with Gasteiger partial charge in [-0.15, -0.1) is 24.0 Å². The van der Waals surface area contributed by atoms with Crippen LogP contribution in [0.4, 0.5) is 4.39 Å². The largest absolute Gasteiger partial charge is 0.463 e. The second kappa shape index (κ2) is 12.1. The number of nitrogens with zero attached hydrogens (tertiary/aromatic N) is 1. The number of guanidine groups is 1. The lowest BCUT2D eigenvalue weighted by Gasteiger charge is -2.18. The third-order valence-corrected chi connectivity index (χ3v) is 3.35. The van der Waals surface area contributed by atoms with Crippen molar-refractivity contribution in [3.8, 4) is 0 Å². The summed E-state index contributed by atoms with van der Waals surface area (Å²) in [5.41, 5.74) is 1.46. The zero-order valence-corrected chi connectivity index (χ0v) is 17.9. The lowest BCUT2D eigenvalue weighted by molar-refractivity contribution is -0.147. The Bertz CT molecular complexity index is 579. The standard InChI is InChI=1S/C18H28FN3O2.HI/c1-6-20-18(21-10-9-17(23)24-12(2)3)22-14(5)15-8-7-13(4)16(19)11-15;/h7-8,11-12,14H,6,9-10H2,1-5H3,(H2,20,21,22);1H. The van der Waals surface area contributed by atoms with Crippen molar-refractivity contribution in [2.75, 3.05) is 13.1 Å². The molecule has 0 aliphatic rings. The van der Waals surface area contributed by atoms with Crippen molar-refractivity contribution in [2.45, 2.75) is 53.2 Å². The molecule has 0 fully saturated rings. The molecule has 0 saturated carbocycles. The molecule has 2 N–H and O–H groups in total. The van der Waals surface area contributed by atoms with Crippen molar-refractivity contribution in [3.63, 3.8) is 0 Å². The number of hydrogen-bond acceptors (Lipinski definition) is 3. The Kier molecular flexibility index (Phi) is 11.4. The molecule has 25 heavy (non-hydrogen) atoms. The molecule has 1 atom stereocenters. The minimum Gasteiger partial charge on any atom is -0.463 e. The Labute approximate surface area is 166 Å². The van der Waals surface area contributed by atoms with Gasteiger partial charge in [-0.3, -0.25) is 9.79 Å². The summed E-state index contributed by atoms with van der Waals surface area (Å²) < 4.78 is 18.8. The lowest BCUT2D eigenvalue weighted by atomic mass is 10.1. The van der Waals surface area contributed by atoms with Gasteiger partial charge in [0.05, 0.1) is 25.1 Å². The van der Waals surface area contributed by atoms with E-state index in [4.69, 9.17) is 4.74 Å². The van der Waals surface area contributed by atoms with Crippen LogP contribution in [0, 0.1) is 12.7 Å². The van der Waals surface area contributed by atoms with Crippen molar-refractivity contribution >= 4 is 35.9 Å². The summed E-state index contributed by atoms with van der Waals surface area (Å²) in [6, 6.07) is 5.06. The highest BCUT2D eigenvalue weighted by Gasteiger charge is 2.10. The molecule has 1 aromatic rings. The van der Waals surface area contributed by atoms with Gasteiger partial charge in [0.2, 0.25) is 0 Å². The highest BCUT2D eigenvalue weighted by atomic mass is 127. The maximum atomic E-state index is 13.7. The number of ether oxygens (including phenoxy) is 1. The van der Waals surface area contributed by atoms with Crippen LogP contribution in [0.5, 0.6) is 0 Å².